The zero-order valence-corrected chi connectivity index (χ0v) is 17.8. The maximum absolute atomic E-state index is 13.0. The van der Waals surface area contributed by atoms with Gasteiger partial charge in [0.05, 0.1) is 23.7 Å². The summed E-state index contributed by atoms with van der Waals surface area (Å²) in [6.07, 6.45) is -1.35. The molecule has 1 atom stereocenters. The van der Waals surface area contributed by atoms with Gasteiger partial charge in [0.15, 0.2) is 5.65 Å². The van der Waals surface area contributed by atoms with Crippen LogP contribution in [-0.2, 0) is 13.2 Å². The number of rotatable bonds is 5. The number of hydrogen-bond donors (Lipinski definition) is 2. The minimum Gasteiger partial charge on any atom is -0.394 e. The number of fused-ring (bicyclic) bond motifs is 3. The van der Waals surface area contributed by atoms with Crippen molar-refractivity contribution < 1.29 is 23.1 Å². The number of aryl methyl sites for hydroxylation is 1. The third kappa shape index (κ3) is 3.64. The van der Waals surface area contributed by atoms with Crippen molar-refractivity contribution in [3.05, 3.63) is 53.6 Å². The van der Waals surface area contributed by atoms with Gasteiger partial charge in [-0.25, -0.2) is 4.68 Å². The molecule has 0 unspecified atom stereocenters. The summed E-state index contributed by atoms with van der Waals surface area (Å²) in [5.41, 5.74) is 2.04. The van der Waals surface area contributed by atoms with Crippen LogP contribution in [0.4, 0.5) is 13.2 Å². The van der Waals surface area contributed by atoms with E-state index in [4.69, 9.17) is 0 Å². The van der Waals surface area contributed by atoms with Gasteiger partial charge < -0.3 is 10.4 Å². The van der Waals surface area contributed by atoms with E-state index in [-0.39, 0.29) is 24.5 Å². The van der Waals surface area contributed by atoms with E-state index in [1.54, 1.807) is 34.5 Å². The molecular weight excluding hydrogens is 435 g/mol. The van der Waals surface area contributed by atoms with Crippen LogP contribution < -0.4 is 5.32 Å². The summed E-state index contributed by atoms with van der Waals surface area (Å²) in [5, 5.41) is 21.5. The second-order valence-corrected chi connectivity index (χ2v) is 8.45. The zero-order valence-electron chi connectivity index (χ0n) is 17.8. The van der Waals surface area contributed by atoms with E-state index in [9.17, 15) is 23.1 Å². The highest BCUT2D eigenvalue weighted by molar-refractivity contribution is 6.09. The molecule has 0 aliphatic heterocycles. The summed E-state index contributed by atoms with van der Waals surface area (Å²) in [5.74, 6) is -0.00250. The van der Waals surface area contributed by atoms with Crippen molar-refractivity contribution in [2.24, 2.45) is 13.0 Å². The minimum atomic E-state index is -4.42. The molecule has 2 N–H and O–H groups in total. The van der Waals surface area contributed by atoms with Crippen molar-refractivity contribution in [3.8, 4) is 5.69 Å². The van der Waals surface area contributed by atoms with Gasteiger partial charge >= 0.3 is 6.18 Å². The van der Waals surface area contributed by atoms with Crippen molar-refractivity contribution in [2.75, 3.05) is 6.61 Å². The van der Waals surface area contributed by atoms with Crippen LogP contribution in [0.1, 0.15) is 35.2 Å². The van der Waals surface area contributed by atoms with Crippen molar-refractivity contribution in [1.82, 2.24) is 24.9 Å². The highest BCUT2D eigenvalue weighted by Gasteiger charge is 2.31. The number of aliphatic hydroxyl groups excluding tert-OH is 1. The van der Waals surface area contributed by atoms with E-state index in [2.05, 4.69) is 15.6 Å². The monoisotopic (exact) mass is 457 g/mol. The number of halogens is 3. The lowest BCUT2D eigenvalue weighted by atomic mass is 9.80. The van der Waals surface area contributed by atoms with Crippen molar-refractivity contribution in [1.29, 1.82) is 0 Å². The highest BCUT2D eigenvalue weighted by atomic mass is 19.4. The van der Waals surface area contributed by atoms with Gasteiger partial charge in [0.2, 0.25) is 0 Å². The van der Waals surface area contributed by atoms with Crippen LogP contribution in [0.5, 0.6) is 0 Å². The fourth-order valence-electron chi connectivity index (χ4n) is 4.42. The maximum atomic E-state index is 13.0. The van der Waals surface area contributed by atoms with Gasteiger partial charge in [-0.15, -0.1) is 5.10 Å². The Morgan fingerprint density at radius 2 is 1.94 bits per heavy atom. The molecule has 0 radical (unpaired) electrons. The lowest BCUT2D eigenvalue weighted by Crippen LogP contribution is -2.45. The normalized spacial score (nSPS) is 15.7. The first-order valence-electron chi connectivity index (χ1n) is 10.7. The number of nitrogens with one attached hydrogen (secondary N) is 1. The van der Waals surface area contributed by atoms with Gasteiger partial charge in [-0.3, -0.25) is 9.36 Å². The molecule has 5 rings (SSSR count). The Balaban J connectivity index is 1.57. The molecule has 4 aromatic rings. The largest absolute Gasteiger partial charge is 0.416 e. The van der Waals surface area contributed by atoms with Gasteiger partial charge in [-0.05, 0) is 61.2 Å². The smallest absolute Gasteiger partial charge is 0.394 e. The number of aromatic nitrogens is 4. The fourth-order valence-corrected chi connectivity index (χ4v) is 4.42. The molecule has 0 spiro atoms. The molecule has 1 amide bonds. The first-order valence-corrected chi connectivity index (χ1v) is 10.7. The molecule has 1 saturated carbocycles. The van der Waals surface area contributed by atoms with Crippen LogP contribution in [0.2, 0.25) is 0 Å². The number of carbonyl (C=O) groups excluding carboxylic acids is 1. The van der Waals surface area contributed by atoms with Crippen molar-refractivity contribution >= 4 is 28.0 Å². The lowest BCUT2D eigenvalue weighted by molar-refractivity contribution is -0.137. The molecule has 2 aromatic heterocycles. The summed E-state index contributed by atoms with van der Waals surface area (Å²) >= 11 is 0. The summed E-state index contributed by atoms with van der Waals surface area (Å²) in [6.45, 7) is -0.114. The Labute approximate surface area is 186 Å². The predicted octanol–water partition coefficient (Wildman–Crippen LogP) is 3.82. The first kappa shape index (κ1) is 21.4. The summed E-state index contributed by atoms with van der Waals surface area (Å²) in [4.78, 5) is 12.9. The van der Waals surface area contributed by atoms with Crippen molar-refractivity contribution in [2.45, 2.75) is 31.5 Å². The highest BCUT2D eigenvalue weighted by Crippen LogP contribution is 2.34. The van der Waals surface area contributed by atoms with E-state index < -0.39 is 11.7 Å². The van der Waals surface area contributed by atoms with Gasteiger partial charge in [-0.1, -0.05) is 11.6 Å². The second-order valence-electron chi connectivity index (χ2n) is 8.45. The maximum Gasteiger partial charge on any atom is 0.416 e. The molecule has 7 nitrogen and oxygen atoms in total. The summed E-state index contributed by atoms with van der Waals surface area (Å²) in [7, 11) is 1.70. The van der Waals surface area contributed by atoms with Crippen LogP contribution in [0, 0.1) is 5.92 Å². The number of hydrogen-bond acceptors (Lipinski definition) is 4. The average molecular weight is 457 g/mol. The number of amides is 1. The van der Waals surface area contributed by atoms with Crippen molar-refractivity contribution in [3.63, 3.8) is 0 Å². The molecular formula is C23H22F3N5O2. The Morgan fingerprint density at radius 3 is 2.55 bits per heavy atom. The Kier molecular flexibility index (Phi) is 5.12. The molecule has 2 aromatic carbocycles. The third-order valence-electron chi connectivity index (χ3n) is 6.45. The van der Waals surface area contributed by atoms with Gasteiger partial charge in [0, 0.05) is 23.7 Å². The topological polar surface area (TPSA) is 85.0 Å². The van der Waals surface area contributed by atoms with Gasteiger partial charge in [0.25, 0.3) is 5.91 Å². The molecule has 2 heterocycles. The summed E-state index contributed by atoms with van der Waals surface area (Å²) in [6, 6.07) is 9.72. The van der Waals surface area contributed by atoms with E-state index in [0.717, 1.165) is 31.4 Å². The van der Waals surface area contributed by atoms with Gasteiger partial charge in [0.1, 0.15) is 5.52 Å². The zero-order chi connectivity index (χ0) is 23.3. The molecule has 1 aliphatic carbocycles. The van der Waals surface area contributed by atoms with E-state index in [1.807, 2.05) is 0 Å². The van der Waals surface area contributed by atoms with Crippen LogP contribution in [0.15, 0.2) is 42.5 Å². The number of benzene rings is 2. The molecule has 10 heteroatoms. The predicted molar refractivity (Wildman–Crippen MR) is 116 cm³/mol. The molecule has 0 saturated heterocycles. The van der Waals surface area contributed by atoms with Crippen LogP contribution in [0.3, 0.4) is 0 Å². The molecule has 1 fully saturated rings. The molecule has 1 aliphatic rings. The minimum absolute atomic E-state index is 0.114. The number of carbonyl (C=O) groups is 1. The summed E-state index contributed by atoms with van der Waals surface area (Å²) < 4.78 is 42.4. The number of nitrogens with zero attached hydrogens (tertiary/aromatic N) is 4. The molecule has 33 heavy (non-hydrogen) atoms. The van der Waals surface area contributed by atoms with Crippen LogP contribution in [0.25, 0.3) is 27.8 Å². The quantitative estimate of drug-likeness (QED) is 0.477. The Bertz CT molecular complexity index is 1340. The Hall–Kier alpha value is -3.40. The first-order chi connectivity index (χ1) is 15.8. The molecule has 0 bridgehead atoms. The average Bonchev–Trinajstić information content (AvgIpc) is 3.28. The van der Waals surface area contributed by atoms with E-state index in [0.29, 0.717) is 33.3 Å². The lowest BCUT2D eigenvalue weighted by Gasteiger charge is -2.33. The SMILES string of the molecule is Cn1nnc2c3cc(C(=O)N[C@@H](CO)C4CCC4)ccc3n(-c3ccc(C(F)(F)F)cc3)c21. The van der Waals surface area contributed by atoms with Crippen LogP contribution >= 0.6 is 0 Å². The van der Waals surface area contributed by atoms with Crippen LogP contribution in [-0.4, -0.2) is 43.2 Å². The standard InChI is InChI=1S/C23H22F3N5O2/c1-30-22-20(28-29-30)17-11-14(21(33)27-18(12-32)13-3-2-4-13)5-10-19(17)31(22)16-8-6-15(7-9-16)23(24,25)26/h5-11,13,18,32H,2-4,12H2,1H3,(H,27,33)/t18-/m0/s1. The van der Waals surface area contributed by atoms with Gasteiger partial charge in [-0.2, -0.15) is 13.2 Å². The Morgan fingerprint density at radius 1 is 1.21 bits per heavy atom. The van der Waals surface area contributed by atoms with E-state index >= 15 is 0 Å². The molecule has 172 valence electrons. The third-order valence-corrected chi connectivity index (χ3v) is 6.45. The second kappa shape index (κ2) is 7.87. The van der Waals surface area contributed by atoms with E-state index in [1.165, 1.54) is 12.1 Å². The number of alkyl halides is 3. The fraction of sp³-hybridized carbons (Fsp3) is 0.348. The number of aliphatic hydroxyl groups is 1.